The minimum atomic E-state index is -0.138. The maximum Gasteiger partial charge on any atom is 0.279 e. The third-order valence-electron chi connectivity index (χ3n) is 3.65. The quantitative estimate of drug-likeness (QED) is 0.619. The molecule has 1 saturated carbocycles. The van der Waals surface area contributed by atoms with Crippen molar-refractivity contribution < 1.29 is 9.59 Å². The summed E-state index contributed by atoms with van der Waals surface area (Å²) < 4.78 is 0. The highest BCUT2D eigenvalue weighted by Gasteiger charge is 2.28. The number of nitrogens with one attached hydrogen (secondary N) is 2. The molecule has 0 aromatic heterocycles. The van der Waals surface area contributed by atoms with Gasteiger partial charge in [-0.15, -0.1) is 0 Å². The molecular formula is C15H22N4O2S. The topological polar surface area (TPSA) is 110 Å². The largest absolute Gasteiger partial charge is 0.351 e. The number of benzene rings is 1. The van der Waals surface area contributed by atoms with Crippen LogP contribution in [0.3, 0.4) is 0 Å². The van der Waals surface area contributed by atoms with Crippen LogP contribution in [0.5, 0.6) is 0 Å². The van der Waals surface area contributed by atoms with Crippen LogP contribution in [0.15, 0.2) is 24.3 Å². The minimum absolute atomic E-state index is 0.0510. The van der Waals surface area contributed by atoms with Crippen LogP contribution in [-0.4, -0.2) is 36.3 Å². The van der Waals surface area contributed by atoms with E-state index in [0.29, 0.717) is 24.4 Å². The number of hydrogen-bond donors (Lipinski definition) is 4. The van der Waals surface area contributed by atoms with Crippen LogP contribution in [0, 0.1) is 0 Å². The zero-order valence-corrected chi connectivity index (χ0v) is 13.2. The zero-order valence-electron chi connectivity index (χ0n) is 12.4. The number of hydrogen-bond acceptors (Lipinski definition) is 5. The summed E-state index contributed by atoms with van der Waals surface area (Å²) in [6, 6.07) is 7.42. The van der Waals surface area contributed by atoms with Crippen molar-refractivity contribution in [2.75, 3.05) is 13.1 Å². The Hall–Kier alpha value is -1.57. The molecule has 0 aliphatic heterocycles. The molecule has 1 fully saturated rings. The second-order valence-corrected chi connectivity index (χ2v) is 6.26. The summed E-state index contributed by atoms with van der Waals surface area (Å²) in [6.07, 6.45) is 1.93. The van der Waals surface area contributed by atoms with Gasteiger partial charge < -0.3 is 22.1 Å². The SMILES string of the molecule is NCCNC(=O)c1ccc(CSC(=O)NC2CCC2N)cc1. The van der Waals surface area contributed by atoms with Crippen molar-refractivity contribution >= 4 is 22.9 Å². The molecule has 0 spiro atoms. The fourth-order valence-corrected chi connectivity index (χ4v) is 2.81. The fourth-order valence-electron chi connectivity index (χ4n) is 2.09. The summed E-state index contributed by atoms with van der Waals surface area (Å²) in [5, 5.41) is 5.57. The summed E-state index contributed by atoms with van der Waals surface area (Å²) in [6.45, 7) is 0.875. The van der Waals surface area contributed by atoms with Crippen molar-refractivity contribution in [2.24, 2.45) is 11.5 Å². The number of rotatable bonds is 6. The highest BCUT2D eigenvalue weighted by molar-refractivity contribution is 8.12. The predicted molar refractivity (Wildman–Crippen MR) is 88.7 cm³/mol. The van der Waals surface area contributed by atoms with Gasteiger partial charge in [-0.3, -0.25) is 9.59 Å². The average Bonchev–Trinajstić information content (AvgIpc) is 2.54. The lowest BCUT2D eigenvalue weighted by Gasteiger charge is -2.33. The van der Waals surface area contributed by atoms with Gasteiger partial charge in [0.1, 0.15) is 0 Å². The average molecular weight is 322 g/mol. The number of amides is 2. The maximum atomic E-state index is 11.8. The van der Waals surface area contributed by atoms with E-state index in [2.05, 4.69) is 10.6 Å². The fraction of sp³-hybridized carbons (Fsp3) is 0.467. The smallest absolute Gasteiger partial charge is 0.279 e. The van der Waals surface area contributed by atoms with E-state index in [1.807, 2.05) is 12.1 Å². The molecule has 6 nitrogen and oxygen atoms in total. The van der Waals surface area contributed by atoms with Crippen molar-refractivity contribution in [3.63, 3.8) is 0 Å². The Morgan fingerprint density at radius 1 is 1.23 bits per heavy atom. The summed E-state index contributed by atoms with van der Waals surface area (Å²) in [5.74, 6) is 0.430. The predicted octanol–water partition coefficient (Wildman–Crippen LogP) is 0.808. The third-order valence-corrected chi connectivity index (χ3v) is 4.50. The molecule has 1 aromatic carbocycles. The van der Waals surface area contributed by atoms with Crippen molar-refractivity contribution in [3.8, 4) is 0 Å². The van der Waals surface area contributed by atoms with Gasteiger partial charge in [-0.2, -0.15) is 0 Å². The molecule has 120 valence electrons. The highest BCUT2D eigenvalue weighted by Crippen LogP contribution is 2.20. The van der Waals surface area contributed by atoms with Gasteiger partial charge in [0, 0.05) is 36.5 Å². The zero-order chi connectivity index (χ0) is 15.9. The van der Waals surface area contributed by atoms with E-state index in [0.717, 1.165) is 18.4 Å². The first-order valence-electron chi connectivity index (χ1n) is 7.36. The molecule has 1 aromatic rings. The molecule has 0 radical (unpaired) electrons. The second-order valence-electron chi connectivity index (χ2n) is 5.31. The molecule has 2 amide bonds. The summed E-state index contributed by atoms with van der Waals surface area (Å²) >= 11 is 1.21. The molecule has 0 heterocycles. The third kappa shape index (κ3) is 4.72. The Morgan fingerprint density at radius 3 is 2.50 bits per heavy atom. The van der Waals surface area contributed by atoms with Gasteiger partial charge in [0.15, 0.2) is 0 Å². The van der Waals surface area contributed by atoms with Crippen LogP contribution >= 0.6 is 11.8 Å². The van der Waals surface area contributed by atoms with Gasteiger partial charge >= 0.3 is 0 Å². The molecule has 2 unspecified atom stereocenters. The van der Waals surface area contributed by atoms with Crippen molar-refractivity contribution in [1.82, 2.24) is 10.6 Å². The second kappa shape index (κ2) is 8.17. The van der Waals surface area contributed by atoms with Gasteiger partial charge in [-0.05, 0) is 30.5 Å². The number of carbonyl (C=O) groups excluding carboxylic acids is 2. The van der Waals surface area contributed by atoms with Crippen LogP contribution < -0.4 is 22.1 Å². The molecule has 7 heteroatoms. The first kappa shape index (κ1) is 16.8. The summed E-state index contributed by atoms with van der Waals surface area (Å²) in [4.78, 5) is 23.5. The maximum absolute atomic E-state index is 11.8. The molecule has 0 bridgehead atoms. The van der Waals surface area contributed by atoms with Crippen molar-refractivity contribution in [2.45, 2.75) is 30.7 Å². The molecule has 1 aliphatic carbocycles. The first-order valence-corrected chi connectivity index (χ1v) is 8.35. The van der Waals surface area contributed by atoms with Crippen LogP contribution in [0.1, 0.15) is 28.8 Å². The van der Waals surface area contributed by atoms with Crippen LogP contribution in [0.4, 0.5) is 4.79 Å². The number of carbonyl (C=O) groups is 2. The van der Waals surface area contributed by atoms with Gasteiger partial charge in [-0.25, -0.2) is 0 Å². The van der Waals surface area contributed by atoms with E-state index in [1.54, 1.807) is 12.1 Å². The van der Waals surface area contributed by atoms with Gasteiger partial charge in [0.2, 0.25) is 0 Å². The molecule has 2 atom stereocenters. The Bertz CT molecular complexity index is 521. The molecular weight excluding hydrogens is 300 g/mol. The van der Waals surface area contributed by atoms with Crippen LogP contribution in [0.25, 0.3) is 0 Å². The van der Waals surface area contributed by atoms with Gasteiger partial charge in [0.05, 0.1) is 0 Å². The van der Waals surface area contributed by atoms with Gasteiger partial charge in [0.25, 0.3) is 11.1 Å². The van der Waals surface area contributed by atoms with Crippen LogP contribution in [0.2, 0.25) is 0 Å². The Kier molecular flexibility index (Phi) is 6.23. The van der Waals surface area contributed by atoms with E-state index < -0.39 is 0 Å². The molecule has 1 aliphatic rings. The monoisotopic (exact) mass is 322 g/mol. The lowest BCUT2D eigenvalue weighted by atomic mass is 9.87. The molecule has 2 rings (SSSR count). The Balaban J connectivity index is 1.76. The number of thioether (sulfide) groups is 1. The van der Waals surface area contributed by atoms with E-state index in [9.17, 15) is 9.59 Å². The Morgan fingerprint density at radius 2 is 1.95 bits per heavy atom. The van der Waals surface area contributed by atoms with E-state index in [-0.39, 0.29) is 23.2 Å². The van der Waals surface area contributed by atoms with Crippen LogP contribution in [-0.2, 0) is 5.75 Å². The summed E-state index contributed by atoms with van der Waals surface area (Å²) in [5.41, 5.74) is 12.7. The first-order chi connectivity index (χ1) is 10.6. The molecule has 0 saturated heterocycles. The highest BCUT2D eigenvalue weighted by atomic mass is 32.2. The van der Waals surface area contributed by atoms with E-state index in [4.69, 9.17) is 11.5 Å². The molecule has 6 N–H and O–H groups in total. The lowest BCUT2D eigenvalue weighted by Crippen LogP contribution is -2.53. The Labute approximate surface area is 134 Å². The molecule has 22 heavy (non-hydrogen) atoms. The van der Waals surface area contributed by atoms with Crippen molar-refractivity contribution in [1.29, 1.82) is 0 Å². The van der Waals surface area contributed by atoms with E-state index in [1.165, 1.54) is 11.8 Å². The number of nitrogens with two attached hydrogens (primary N) is 2. The lowest BCUT2D eigenvalue weighted by molar-refractivity contribution is 0.0954. The van der Waals surface area contributed by atoms with Crippen molar-refractivity contribution in [3.05, 3.63) is 35.4 Å². The summed E-state index contributed by atoms with van der Waals surface area (Å²) in [7, 11) is 0. The van der Waals surface area contributed by atoms with E-state index >= 15 is 0 Å². The minimum Gasteiger partial charge on any atom is -0.351 e. The standard InChI is InChI=1S/C15H22N4O2S/c16-7-8-18-14(20)11-3-1-10(2-4-11)9-22-15(21)19-13-6-5-12(13)17/h1-4,12-13H,5-9,16-17H2,(H,18,20)(H,19,21). The van der Waals surface area contributed by atoms with Gasteiger partial charge in [-0.1, -0.05) is 23.9 Å². The normalized spacial score (nSPS) is 20.1.